The maximum absolute atomic E-state index is 12.5. The summed E-state index contributed by atoms with van der Waals surface area (Å²) in [6.45, 7) is 20.7. The molecule has 3 heteroatoms. The zero-order valence-electron chi connectivity index (χ0n) is 23.5. The summed E-state index contributed by atoms with van der Waals surface area (Å²) in [7, 11) is 0. The first-order valence-electron chi connectivity index (χ1n) is 14.5. The van der Waals surface area contributed by atoms with Gasteiger partial charge in [-0.1, -0.05) is 46.8 Å². The van der Waals surface area contributed by atoms with Gasteiger partial charge in [-0.25, -0.2) is 0 Å². The lowest BCUT2D eigenvalue weighted by molar-refractivity contribution is -0.246. The maximum Gasteiger partial charge on any atom is 0.302 e. The number of carbonyl (C=O) groups excluding carboxylic acids is 2. The van der Waals surface area contributed by atoms with Gasteiger partial charge in [-0.3, -0.25) is 9.59 Å². The highest BCUT2D eigenvalue weighted by molar-refractivity contribution is 5.66. The third-order valence-corrected chi connectivity index (χ3v) is 13.5. The van der Waals surface area contributed by atoms with E-state index in [1.54, 1.807) is 6.92 Å². The molecule has 0 aromatic carbocycles. The van der Waals surface area contributed by atoms with Crippen molar-refractivity contribution in [3.63, 3.8) is 0 Å². The van der Waals surface area contributed by atoms with Gasteiger partial charge in [0.25, 0.3) is 0 Å². The van der Waals surface area contributed by atoms with Gasteiger partial charge in [0.1, 0.15) is 6.10 Å². The Balaban J connectivity index is 1.51. The lowest BCUT2D eigenvalue weighted by atomic mass is 9.32. The summed E-state index contributed by atoms with van der Waals surface area (Å²) in [5, 5.41) is 0. The van der Waals surface area contributed by atoms with Crippen LogP contribution in [0, 0.1) is 56.7 Å². The molecule has 1 radical (unpaired) electrons. The average Bonchev–Trinajstić information content (AvgIpc) is 3.16. The molecule has 5 aliphatic rings. The van der Waals surface area contributed by atoms with Crippen LogP contribution in [0.4, 0.5) is 0 Å². The van der Waals surface area contributed by atoms with Crippen molar-refractivity contribution in [2.75, 3.05) is 0 Å². The van der Waals surface area contributed by atoms with Crippen LogP contribution in [0.3, 0.4) is 0 Å². The largest absolute Gasteiger partial charge is 0.462 e. The maximum atomic E-state index is 12.5. The Kier molecular flexibility index (Phi) is 5.79. The molecular formula is C32H49O3. The third-order valence-electron chi connectivity index (χ3n) is 13.5. The molecule has 0 aliphatic heterocycles. The van der Waals surface area contributed by atoms with Crippen molar-refractivity contribution in [2.24, 2.45) is 56.7 Å². The number of rotatable bonds is 3. The van der Waals surface area contributed by atoms with E-state index in [0.29, 0.717) is 29.6 Å². The summed E-state index contributed by atoms with van der Waals surface area (Å²) in [6, 6.07) is 0. The summed E-state index contributed by atoms with van der Waals surface area (Å²) < 4.78 is 5.89. The summed E-state index contributed by atoms with van der Waals surface area (Å²) in [5.41, 5.74) is 1.86. The summed E-state index contributed by atoms with van der Waals surface area (Å²) in [4.78, 5) is 24.4. The van der Waals surface area contributed by atoms with Crippen LogP contribution in [0.15, 0.2) is 12.2 Å². The lowest BCUT2D eigenvalue weighted by Gasteiger charge is -2.72. The summed E-state index contributed by atoms with van der Waals surface area (Å²) >= 11 is 0. The van der Waals surface area contributed by atoms with Crippen molar-refractivity contribution < 1.29 is 14.3 Å². The highest BCUT2D eigenvalue weighted by atomic mass is 16.5. The molecule has 5 aliphatic carbocycles. The van der Waals surface area contributed by atoms with Crippen LogP contribution in [0.25, 0.3) is 0 Å². The Bertz CT molecular complexity index is 920. The second kappa shape index (κ2) is 7.94. The lowest BCUT2D eigenvalue weighted by Crippen LogP contribution is -2.66. The van der Waals surface area contributed by atoms with Crippen LogP contribution >= 0.6 is 0 Å². The highest BCUT2D eigenvalue weighted by Crippen LogP contribution is 2.77. The van der Waals surface area contributed by atoms with E-state index < -0.39 is 0 Å². The number of hydrogen-bond donors (Lipinski definition) is 0. The molecule has 0 amide bonds. The molecule has 0 aromatic heterocycles. The second-order valence-electron chi connectivity index (χ2n) is 14.9. The monoisotopic (exact) mass is 481 g/mol. The van der Waals surface area contributed by atoms with E-state index in [9.17, 15) is 9.59 Å². The molecule has 195 valence electrons. The number of ether oxygens (including phenoxy) is 1. The molecule has 0 aromatic rings. The number of carbonyl (C=O) groups is 1. The number of fused-ring (bicyclic) bond motifs is 7. The Morgan fingerprint density at radius 1 is 0.829 bits per heavy atom. The van der Waals surface area contributed by atoms with E-state index in [0.717, 1.165) is 32.1 Å². The minimum Gasteiger partial charge on any atom is -0.462 e. The van der Waals surface area contributed by atoms with Gasteiger partial charge in [-0.05, 0) is 117 Å². The number of allylic oxidation sites excluding steroid dienone is 1. The van der Waals surface area contributed by atoms with Crippen molar-refractivity contribution >= 4 is 12.3 Å². The van der Waals surface area contributed by atoms with E-state index in [1.165, 1.54) is 37.7 Å². The normalized spacial score (nSPS) is 52.3. The first-order valence-corrected chi connectivity index (χ1v) is 14.5. The molecule has 0 spiro atoms. The van der Waals surface area contributed by atoms with Gasteiger partial charge in [-0.2, -0.15) is 0 Å². The quantitative estimate of drug-likeness (QED) is 0.306. The smallest absolute Gasteiger partial charge is 0.302 e. The van der Waals surface area contributed by atoms with E-state index in [1.807, 2.05) is 0 Å². The minimum absolute atomic E-state index is 0.00243. The van der Waals surface area contributed by atoms with Gasteiger partial charge in [0.05, 0.1) is 0 Å². The fourth-order valence-electron chi connectivity index (χ4n) is 11.7. The molecular weight excluding hydrogens is 432 g/mol. The van der Waals surface area contributed by atoms with Gasteiger partial charge in [0.2, 0.25) is 6.29 Å². The van der Waals surface area contributed by atoms with Crippen LogP contribution < -0.4 is 0 Å². The molecule has 0 bridgehead atoms. The summed E-state index contributed by atoms with van der Waals surface area (Å²) in [5.74, 6) is 2.62. The van der Waals surface area contributed by atoms with Crippen molar-refractivity contribution in [3.05, 3.63) is 12.2 Å². The molecule has 35 heavy (non-hydrogen) atoms. The molecule has 5 saturated carbocycles. The van der Waals surface area contributed by atoms with Gasteiger partial charge in [-0.15, -0.1) is 0 Å². The predicted molar refractivity (Wildman–Crippen MR) is 140 cm³/mol. The Hall–Kier alpha value is -1.12. The van der Waals surface area contributed by atoms with Gasteiger partial charge in [0, 0.05) is 17.8 Å². The fourth-order valence-corrected chi connectivity index (χ4v) is 11.7. The molecule has 0 unspecified atom stereocenters. The van der Waals surface area contributed by atoms with Crippen molar-refractivity contribution in [3.8, 4) is 0 Å². The summed E-state index contributed by atoms with van der Waals surface area (Å²) in [6.07, 6.45) is 14.1. The molecule has 0 N–H and O–H groups in total. The number of hydrogen-bond acceptors (Lipinski definition) is 3. The molecule has 5 rings (SSSR count). The van der Waals surface area contributed by atoms with Crippen LogP contribution in [0.2, 0.25) is 0 Å². The van der Waals surface area contributed by atoms with Crippen LogP contribution in [-0.4, -0.2) is 18.4 Å². The van der Waals surface area contributed by atoms with Gasteiger partial charge < -0.3 is 4.74 Å². The Morgan fingerprint density at radius 2 is 1.54 bits per heavy atom. The Labute approximate surface area is 214 Å². The SMILES string of the molecule is C=C(C)[C@@H]1CC[C@]2([C]=O)CC[C@]3(C)[C@H](CC[C@@H]4[C@@]5(C)CC[C@@H](OC(C)=O)C(C)(C)[C@@H]5CC[C@]43C)[C@@H]12. The van der Waals surface area contributed by atoms with E-state index >= 15 is 0 Å². The predicted octanol–water partition coefficient (Wildman–Crippen LogP) is 7.69. The molecule has 10 atom stereocenters. The Morgan fingerprint density at radius 3 is 2.17 bits per heavy atom. The first-order chi connectivity index (χ1) is 16.3. The van der Waals surface area contributed by atoms with Crippen molar-refractivity contribution in [1.29, 1.82) is 0 Å². The van der Waals surface area contributed by atoms with Crippen LogP contribution in [0.5, 0.6) is 0 Å². The van der Waals surface area contributed by atoms with Gasteiger partial charge in [0.15, 0.2) is 0 Å². The molecule has 3 nitrogen and oxygen atoms in total. The average molecular weight is 482 g/mol. The molecule has 0 heterocycles. The second-order valence-corrected chi connectivity index (χ2v) is 14.9. The zero-order chi connectivity index (χ0) is 25.6. The minimum atomic E-state index is -0.234. The third kappa shape index (κ3) is 3.21. The molecule has 5 fully saturated rings. The van der Waals surface area contributed by atoms with Crippen LogP contribution in [-0.2, 0) is 14.3 Å². The molecule has 0 saturated heterocycles. The van der Waals surface area contributed by atoms with Gasteiger partial charge >= 0.3 is 5.97 Å². The van der Waals surface area contributed by atoms with E-state index in [2.05, 4.69) is 54.4 Å². The number of esters is 1. The zero-order valence-corrected chi connectivity index (χ0v) is 23.5. The van der Waals surface area contributed by atoms with Crippen molar-refractivity contribution in [1.82, 2.24) is 0 Å². The topological polar surface area (TPSA) is 43.4 Å². The first kappa shape index (κ1) is 25.5. The van der Waals surface area contributed by atoms with E-state index in [-0.39, 0.29) is 39.1 Å². The standard InChI is InChI=1S/C32H49O3/c1-20(2)22-11-16-32(19-33)18-17-30(7)23(27(22)32)9-10-25-29(6)14-13-26(35-21(3)34)28(4,5)24(29)12-15-31(25,30)8/h22-27H,1,9-18H2,2-8H3/t22-,23+,24-,25+,26+,27+,29-,30+,31+,32+/m0/s1. The highest BCUT2D eigenvalue weighted by Gasteiger charge is 2.71. The van der Waals surface area contributed by atoms with E-state index in [4.69, 9.17) is 4.74 Å². The van der Waals surface area contributed by atoms with Crippen molar-refractivity contribution in [2.45, 2.75) is 119 Å². The fraction of sp³-hybridized carbons (Fsp3) is 0.875. The van der Waals surface area contributed by atoms with Crippen LogP contribution in [0.1, 0.15) is 113 Å².